The van der Waals surface area contributed by atoms with Gasteiger partial charge in [0.05, 0.1) is 5.56 Å². The molecule has 0 spiro atoms. The highest BCUT2D eigenvalue weighted by molar-refractivity contribution is 9.10. The smallest absolute Gasteiger partial charge is 0.419 e. The van der Waals surface area contributed by atoms with Crippen LogP contribution < -0.4 is 0 Å². The minimum Gasteiger partial charge on any atom is -0.507 e. The molecule has 0 saturated heterocycles. The third kappa shape index (κ3) is 2.65. The summed E-state index contributed by atoms with van der Waals surface area (Å²) in [6.45, 7) is 3.68. The van der Waals surface area contributed by atoms with Crippen molar-refractivity contribution in [3.63, 3.8) is 0 Å². The summed E-state index contributed by atoms with van der Waals surface area (Å²) >= 11 is 3.06. The number of rotatable bonds is 1. The molecule has 5 heteroatoms. The minimum absolute atomic E-state index is 0.0487. The first-order valence-electron chi connectivity index (χ1n) is 4.33. The fourth-order valence-corrected chi connectivity index (χ4v) is 2.05. The molecule has 1 aromatic carbocycles. The van der Waals surface area contributed by atoms with Gasteiger partial charge in [0, 0.05) is 4.47 Å². The van der Waals surface area contributed by atoms with E-state index in [9.17, 15) is 18.3 Å². The molecule has 84 valence electrons. The lowest BCUT2D eigenvalue weighted by Crippen LogP contribution is -2.06. The maximum atomic E-state index is 12.4. The second-order valence-electron chi connectivity index (χ2n) is 3.54. The normalized spacial score (nSPS) is 12.2. The van der Waals surface area contributed by atoms with Gasteiger partial charge in [-0.2, -0.15) is 13.2 Å². The van der Waals surface area contributed by atoms with E-state index in [1.807, 2.05) is 13.8 Å². The molecule has 0 bridgehead atoms. The molecule has 1 nitrogen and oxygen atoms in total. The van der Waals surface area contributed by atoms with Gasteiger partial charge in [0.25, 0.3) is 0 Å². The standard InChI is InChI=1S/C10H10BrF3O/c1-5(2)6-3-9(15)7(4-8(6)11)10(12,13)14/h3-5,15H,1-2H3. The summed E-state index contributed by atoms with van der Waals surface area (Å²) < 4.78 is 37.5. The zero-order valence-corrected chi connectivity index (χ0v) is 9.78. The Morgan fingerprint density at radius 1 is 1.27 bits per heavy atom. The highest BCUT2D eigenvalue weighted by atomic mass is 79.9. The Balaban J connectivity index is 3.32. The summed E-state index contributed by atoms with van der Waals surface area (Å²) in [4.78, 5) is 0. The topological polar surface area (TPSA) is 20.2 Å². The number of phenols is 1. The Morgan fingerprint density at radius 3 is 2.20 bits per heavy atom. The lowest BCUT2D eigenvalue weighted by molar-refractivity contribution is -0.138. The Kier molecular flexibility index (Phi) is 3.33. The number of hydrogen-bond donors (Lipinski definition) is 1. The van der Waals surface area contributed by atoms with Crippen LogP contribution in [0.4, 0.5) is 13.2 Å². The fourth-order valence-electron chi connectivity index (χ4n) is 1.25. The lowest BCUT2D eigenvalue weighted by atomic mass is 10.0. The van der Waals surface area contributed by atoms with Gasteiger partial charge >= 0.3 is 6.18 Å². The molecule has 15 heavy (non-hydrogen) atoms. The van der Waals surface area contributed by atoms with Crippen molar-refractivity contribution in [2.75, 3.05) is 0 Å². The lowest BCUT2D eigenvalue weighted by Gasteiger charge is -2.14. The zero-order chi connectivity index (χ0) is 11.8. The van der Waals surface area contributed by atoms with Gasteiger partial charge < -0.3 is 5.11 Å². The van der Waals surface area contributed by atoms with Crippen LogP contribution in [0.3, 0.4) is 0 Å². The molecule has 0 fully saturated rings. The average Bonchev–Trinajstić information content (AvgIpc) is 2.06. The van der Waals surface area contributed by atoms with E-state index in [1.165, 1.54) is 0 Å². The third-order valence-electron chi connectivity index (χ3n) is 2.04. The van der Waals surface area contributed by atoms with Crippen LogP contribution in [0.2, 0.25) is 0 Å². The largest absolute Gasteiger partial charge is 0.507 e. The summed E-state index contributed by atoms with van der Waals surface area (Å²) in [6, 6.07) is 2.06. The van der Waals surface area contributed by atoms with Gasteiger partial charge in [0.2, 0.25) is 0 Å². The van der Waals surface area contributed by atoms with Crippen LogP contribution in [0.5, 0.6) is 5.75 Å². The van der Waals surface area contributed by atoms with Crippen molar-refractivity contribution in [3.05, 3.63) is 27.7 Å². The SMILES string of the molecule is CC(C)c1cc(O)c(C(F)(F)F)cc1Br. The molecule has 0 unspecified atom stereocenters. The predicted molar refractivity (Wildman–Crippen MR) is 54.9 cm³/mol. The molecule has 1 N–H and O–H groups in total. The summed E-state index contributed by atoms with van der Waals surface area (Å²) in [6.07, 6.45) is -4.53. The van der Waals surface area contributed by atoms with Crippen molar-refractivity contribution < 1.29 is 18.3 Å². The molecule has 0 amide bonds. The van der Waals surface area contributed by atoms with Gasteiger partial charge in [-0.1, -0.05) is 29.8 Å². The first kappa shape index (κ1) is 12.4. The van der Waals surface area contributed by atoms with Gasteiger partial charge in [-0.05, 0) is 23.6 Å². The van der Waals surface area contributed by atoms with Crippen molar-refractivity contribution in [1.82, 2.24) is 0 Å². The molecule has 0 aliphatic carbocycles. The molecule has 0 saturated carbocycles. The van der Waals surface area contributed by atoms with Gasteiger partial charge in [-0.15, -0.1) is 0 Å². The van der Waals surface area contributed by atoms with Crippen molar-refractivity contribution >= 4 is 15.9 Å². The maximum Gasteiger partial charge on any atom is 0.419 e. The Morgan fingerprint density at radius 2 is 1.80 bits per heavy atom. The van der Waals surface area contributed by atoms with Crippen molar-refractivity contribution in [1.29, 1.82) is 0 Å². The van der Waals surface area contributed by atoms with Gasteiger partial charge in [0.1, 0.15) is 5.75 Å². The summed E-state index contributed by atoms with van der Waals surface area (Å²) in [5, 5.41) is 9.26. The molecule has 0 radical (unpaired) electrons. The monoisotopic (exact) mass is 282 g/mol. The zero-order valence-electron chi connectivity index (χ0n) is 8.19. The maximum absolute atomic E-state index is 12.4. The first-order chi connectivity index (χ1) is 6.73. The van der Waals surface area contributed by atoms with Gasteiger partial charge in [-0.25, -0.2) is 0 Å². The number of aromatic hydroxyl groups is 1. The van der Waals surface area contributed by atoms with E-state index >= 15 is 0 Å². The highest BCUT2D eigenvalue weighted by Crippen LogP contribution is 2.40. The van der Waals surface area contributed by atoms with Crippen LogP contribution in [-0.4, -0.2) is 5.11 Å². The quantitative estimate of drug-likeness (QED) is 0.814. The number of halogens is 4. The van der Waals surface area contributed by atoms with E-state index in [-0.39, 0.29) is 5.92 Å². The number of alkyl halides is 3. The van der Waals surface area contributed by atoms with Crippen molar-refractivity contribution in [2.45, 2.75) is 25.9 Å². The van der Waals surface area contributed by atoms with Crippen molar-refractivity contribution in [3.8, 4) is 5.75 Å². The van der Waals surface area contributed by atoms with Crippen LogP contribution in [-0.2, 0) is 6.18 Å². The molecule has 0 atom stereocenters. The second kappa shape index (κ2) is 4.04. The van der Waals surface area contributed by atoms with E-state index in [0.29, 0.717) is 10.0 Å². The van der Waals surface area contributed by atoms with Crippen LogP contribution in [0.15, 0.2) is 16.6 Å². The molecule has 1 aromatic rings. The molecule has 1 rings (SSSR count). The summed E-state index contributed by atoms with van der Waals surface area (Å²) in [7, 11) is 0. The Labute approximate surface area is 94.0 Å². The Bertz CT molecular complexity index is 372. The third-order valence-corrected chi connectivity index (χ3v) is 2.73. The molecule has 0 heterocycles. The fraction of sp³-hybridized carbons (Fsp3) is 0.400. The van der Waals surface area contributed by atoms with E-state index in [0.717, 1.165) is 12.1 Å². The van der Waals surface area contributed by atoms with Crippen molar-refractivity contribution in [2.24, 2.45) is 0 Å². The van der Waals surface area contributed by atoms with Gasteiger partial charge in [0.15, 0.2) is 0 Å². The number of phenolic OH excluding ortho intramolecular Hbond substituents is 1. The molecule has 0 aliphatic heterocycles. The molecule has 0 aromatic heterocycles. The van der Waals surface area contributed by atoms with Crippen LogP contribution >= 0.6 is 15.9 Å². The van der Waals surface area contributed by atoms with Crippen LogP contribution in [0, 0.1) is 0 Å². The van der Waals surface area contributed by atoms with E-state index in [4.69, 9.17) is 0 Å². The van der Waals surface area contributed by atoms with E-state index in [2.05, 4.69) is 15.9 Å². The minimum atomic E-state index is -4.53. The molecule has 0 aliphatic rings. The number of benzene rings is 1. The first-order valence-corrected chi connectivity index (χ1v) is 5.12. The Hall–Kier alpha value is -0.710. The number of hydrogen-bond acceptors (Lipinski definition) is 1. The van der Waals surface area contributed by atoms with E-state index < -0.39 is 17.5 Å². The molecular weight excluding hydrogens is 273 g/mol. The summed E-state index contributed by atoms with van der Waals surface area (Å²) in [5.74, 6) is -0.679. The molecular formula is C10H10BrF3O. The van der Waals surface area contributed by atoms with Crippen LogP contribution in [0.25, 0.3) is 0 Å². The van der Waals surface area contributed by atoms with Gasteiger partial charge in [-0.3, -0.25) is 0 Å². The second-order valence-corrected chi connectivity index (χ2v) is 4.40. The van der Waals surface area contributed by atoms with E-state index in [1.54, 1.807) is 0 Å². The average molecular weight is 283 g/mol. The predicted octanol–water partition coefficient (Wildman–Crippen LogP) is 4.30. The highest BCUT2D eigenvalue weighted by Gasteiger charge is 2.34. The van der Waals surface area contributed by atoms with Crippen LogP contribution in [0.1, 0.15) is 30.9 Å². The summed E-state index contributed by atoms with van der Waals surface area (Å²) in [5.41, 5.74) is -0.362.